The highest BCUT2D eigenvalue weighted by molar-refractivity contribution is 5.99. The van der Waals surface area contributed by atoms with Crippen LogP contribution in [0.25, 0.3) is 0 Å². The molecule has 1 rings (SSSR count). The summed E-state index contributed by atoms with van der Waals surface area (Å²) in [5.74, 6) is 0.154. The summed E-state index contributed by atoms with van der Waals surface area (Å²) in [6.45, 7) is 6.12. The molecule has 0 saturated heterocycles. The first kappa shape index (κ1) is 10.6. The van der Waals surface area contributed by atoms with Crippen LogP contribution in [-0.2, 0) is 0 Å². The molecular formula is C11H16N2O. The van der Waals surface area contributed by atoms with E-state index in [1.165, 1.54) is 0 Å². The Morgan fingerprint density at radius 2 is 2.14 bits per heavy atom. The van der Waals surface area contributed by atoms with Gasteiger partial charge >= 0.3 is 0 Å². The van der Waals surface area contributed by atoms with E-state index in [2.05, 4.69) is 25.1 Å². The van der Waals surface area contributed by atoms with Gasteiger partial charge in [0, 0.05) is 11.0 Å². The maximum atomic E-state index is 8.61. The van der Waals surface area contributed by atoms with E-state index in [9.17, 15) is 0 Å². The van der Waals surface area contributed by atoms with E-state index in [1.807, 2.05) is 25.2 Å². The van der Waals surface area contributed by atoms with Gasteiger partial charge in [-0.05, 0) is 13.0 Å². The highest BCUT2D eigenvalue weighted by Gasteiger charge is 2.15. The highest BCUT2D eigenvalue weighted by atomic mass is 16.4. The Bertz CT molecular complexity index is 346. The molecule has 1 aliphatic rings. The van der Waals surface area contributed by atoms with Gasteiger partial charge in [-0.25, -0.2) is 0 Å². The van der Waals surface area contributed by atoms with E-state index in [0.29, 0.717) is 0 Å². The Hall–Kier alpha value is -1.51. The van der Waals surface area contributed by atoms with Gasteiger partial charge in [-0.1, -0.05) is 42.8 Å². The first-order valence-corrected chi connectivity index (χ1v) is 4.53. The van der Waals surface area contributed by atoms with Gasteiger partial charge in [0.15, 0.2) is 5.84 Å². The molecule has 0 bridgehead atoms. The van der Waals surface area contributed by atoms with Gasteiger partial charge in [0.05, 0.1) is 0 Å². The van der Waals surface area contributed by atoms with Crippen molar-refractivity contribution >= 4 is 5.84 Å². The van der Waals surface area contributed by atoms with Crippen molar-refractivity contribution in [2.75, 3.05) is 0 Å². The minimum atomic E-state index is -0.0705. The number of oxime groups is 1. The summed E-state index contributed by atoms with van der Waals surface area (Å²) in [6, 6.07) is 0. The first-order chi connectivity index (χ1) is 6.44. The summed E-state index contributed by atoms with van der Waals surface area (Å²) in [5.41, 5.74) is 7.34. The van der Waals surface area contributed by atoms with Crippen LogP contribution in [0.2, 0.25) is 0 Å². The minimum Gasteiger partial charge on any atom is -0.409 e. The van der Waals surface area contributed by atoms with Crippen molar-refractivity contribution in [3.63, 3.8) is 0 Å². The maximum Gasteiger partial charge on any atom is 0.169 e. The lowest BCUT2D eigenvalue weighted by Gasteiger charge is -2.14. The standard InChI is InChI=1S/C11H16N2O/c1-8-4-5-11(2,3)7-9(6-8)10(12)13-14/h4-7,14H,1-3H3,(H2,12,13). The zero-order valence-corrected chi connectivity index (χ0v) is 8.78. The summed E-state index contributed by atoms with van der Waals surface area (Å²) in [6.07, 6.45) is 8.01. The topological polar surface area (TPSA) is 58.6 Å². The Balaban J connectivity index is 3.17. The zero-order chi connectivity index (χ0) is 10.8. The molecule has 0 saturated carbocycles. The van der Waals surface area contributed by atoms with Crippen LogP contribution in [0.15, 0.2) is 40.6 Å². The van der Waals surface area contributed by atoms with Gasteiger partial charge in [-0.2, -0.15) is 0 Å². The summed E-state index contributed by atoms with van der Waals surface area (Å²) in [5, 5.41) is 11.6. The summed E-state index contributed by atoms with van der Waals surface area (Å²) in [7, 11) is 0. The third-order valence-corrected chi connectivity index (χ3v) is 2.09. The predicted molar refractivity (Wildman–Crippen MR) is 58.2 cm³/mol. The molecule has 0 aliphatic heterocycles. The highest BCUT2D eigenvalue weighted by Crippen LogP contribution is 2.25. The van der Waals surface area contributed by atoms with E-state index in [1.54, 1.807) is 0 Å². The van der Waals surface area contributed by atoms with Crippen LogP contribution in [-0.4, -0.2) is 11.0 Å². The van der Waals surface area contributed by atoms with Crippen molar-refractivity contribution in [2.24, 2.45) is 16.3 Å². The molecular weight excluding hydrogens is 176 g/mol. The molecule has 0 unspecified atom stereocenters. The Morgan fingerprint density at radius 1 is 1.50 bits per heavy atom. The molecule has 0 heterocycles. The number of amidine groups is 1. The molecule has 3 nitrogen and oxygen atoms in total. The number of hydrogen-bond donors (Lipinski definition) is 2. The van der Waals surface area contributed by atoms with Crippen LogP contribution in [0.4, 0.5) is 0 Å². The van der Waals surface area contributed by atoms with Crippen molar-refractivity contribution in [2.45, 2.75) is 20.8 Å². The Kier molecular flexibility index (Phi) is 2.79. The lowest BCUT2D eigenvalue weighted by atomic mass is 9.91. The number of hydrogen-bond acceptors (Lipinski definition) is 2. The summed E-state index contributed by atoms with van der Waals surface area (Å²) >= 11 is 0. The van der Waals surface area contributed by atoms with Crippen LogP contribution < -0.4 is 5.73 Å². The van der Waals surface area contributed by atoms with Crippen LogP contribution in [0.5, 0.6) is 0 Å². The van der Waals surface area contributed by atoms with E-state index >= 15 is 0 Å². The molecule has 0 aromatic carbocycles. The number of rotatable bonds is 1. The molecule has 0 aromatic heterocycles. The van der Waals surface area contributed by atoms with E-state index in [0.717, 1.165) is 11.1 Å². The molecule has 3 N–H and O–H groups in total. The van der Waals surface area contributed by atoms with Crippen molar-refractivity contribution in [1.82, 2.24) is 0 Å². The van der Waals surface area contributed by atoms with E-state index in [4.69, 9.17) is 10.9 Å². The second-order valence-electron chi connectivity index (χ2n) is 4.13. The lowest BCUT2D eigenvalue weighted by molar-refractivity contribution is 0.318. The molecule has 3 heteroatoms. The van der Waals surface area contributed by atoms with Gasteiger partial charge < -0.3 is 10.9 Å². The van der Waals surface area contributed by atoms with E-state index < -0.39 is 0 Å². The minimum absolute atomic E-state index is 0.0705. The average Bonchev–Trinajstić information content (AvgIpc) is 2.24. The van der Waals surface area contributed by atoms with Crippen molar-refractivity contribution in [3.8, 4) is 0 Å². The second-order valence-corrected chi connectivity index (χ2v) is 4.13. The molecule has 0 radical (unpaired) electrons. The molecule has 0 atom stereocenters. The predicted octanol–water partition coefficient (Wildman–Crippen LogP) is 2.20. The number of allylic oxidation sites excluding steroid dienone is 4. The SMILES string of the molecule is CC1=CC(/C(N)=N/O)=CC(C)(C)C=C1. The third kappa shape index (κ3) is 2.49. The molecule has 0 amide bonds. The molecule has 0 aromatic rings. The molecule has 0 fully saturated rings. The number of nitrogens with two attached hydrogens (primary N) is 1. The Labute approximate surface area is 84.3 Å². The monoisotopic (exact) mass is 192 g/mol. The van der Waals surface area contributed by atoms with Gasteiger partial charge in [0.1, 0.15) is 0 Å². The maximum absolute atomic E-state index is 8.61. The molecule has 76 valence electrons. The Morgan fingerprint density at radius 3 is 2.71 bits per heavy atom. The van der Waals surface area contributed by atoms with Crippen LogP contribution >= 0.6 is 0 Å². The molecule has 14 heavy (non-hydrogen) atoms. The van der Waals surface area contributed by atoms with Gasteiger partial charge in [-0.15, -0.1) is 0 Å². The lowest BCUT2D eigenvalue weighted by Crippen LogP contribution is -2.16. The third-order valence-electron chi connectivity index (χ3n) is 2.09. The quantitative estimate of drug-likeness (QED) is 0.289. The fourth-order valence-corrected chi connectivity index (χ4v) is 1.34. The van der Waals surface area contributed by atoms with Crippen molar-refractivity contribution in [1.29, 1.82) is 0 Å². The average molecular weight is 192 g/mol. The van der Waals surface area contributed by atoms with Crippen molar-refractivity contribution < 1.29 is 5.21 Å². The molecule has 1 aliphatic carbocycles. The van der Waals surface area contributed by atoms with Crippen molar-refractivity contribution in [3.05, 3.63) is 35.5 Å². The fraction of sp³-hybridized carbons (Fsp3) is 0.364. The fourth-order valence-electron chi connectivity index (χ4n) is 1.34. The summed E-state index contributed by atoms with van der Waals surface area (Å²) < 4.78 is 0. The zero-order valence-electron chi connectivity index (χ0n) is 8.78. The first-order valence-electron chi connectivity index (χ1n) is 4.53. The smallest absolute Gasteiger partial charge is 0.169 e. The van der Waals surface area contributed by atoms with Crippen LogP contribution in [0, 0.1) is 5.41 Å². The second kappa shape index (κ2) is 3.70. The normalized spacial score (nSPS) is 21.2. The van der Waals surface area contributed by atoms with Gasteiger partial charge in [0.2, 0.25) is 0 Å². The van der Waals surface area contributed by atoms with E-state index in [-0.39, 0.29) is 11.3 Å². The van der Waals surface area contributed by atoms with Gasteiger partial charge in [-0.3, -0.25) is 0 Å². The summed E-state index contributed by atoms with van der Waals surface area (Å²) in [4.78, 5) is 0. The number of nitrogens with zero attached hydrogens (tertiary/aromatic N) is 1. The van der Waals surface area contributed by atoms with Gasteiger partial charge in [0.25, 0.3) is 0 Å². The molecule has 0 spiro atoms. The van der Waals surface area contributed by atoms with Crippen LogP contribution in [0.3, 0.4) is 0 Å². The largest absolute Gasteiger partial charge is 0.409 e. The van der Waals surface area contributed by atoms with Crippen LogP contribution in [0.1, 0.15) is 20.8 Å².